The van der Waals surface area contributed by atoms with Crippen LogP contribution in [0.4, 0.5) is 0 Å². The SMILES string of the molecule is CC(=O)c1cc(Sc2ccc(C(=O)N[C@H]3CN4CCC3CC4)cc2)ns1. The molecule has 136 valence electrons. The largest absolute Gasteiger partial charge is 0.348 e. The Morgan fingerprint density at radius 2 is 1.96 bits per heavy atom. The molecule has 0 radical (unpaired) electrons. The van der Waals surface area contributed by atoms with Gasteiger partial charge in [0.25, 0.3) is 5.91 Å². The molecule has 1 atom stereocenters. The Balaban J connectivity index is 1.37. The number of nitrogens with zero attached hydrogens (tertiary/aromatic N) is 2. The summed E-state index contributed by atoms with van der Waals surface area (Å²) in [5.74, 6) is 0.667. The number of hydrogen-bond acceptors (Lipinski definition) is 6. The van der Waals surface area contributed by atoms with E-state index in [1.807, 2.05) is 30.3 Å². The van der Waals surface area contributed by atoms with Crippen molar-refractivity contribution in [3.05, 3.63) is 40.8 Å². The van der Waals surface area contributed by atoms with Gasteiger partial charge in [-0.15, -0.1) is 0 Å². The molecule has 3 aliphatic heterocycles. The van der Waals surface area contributed by atoms with Crippen LogP contribution in [0.5, 0.6) is 0 Å². The lowest BCUT2D eigenvalue weighted by Crippen LogP contribution is -2.57. The number of ketones is 1. The fraction of sp³-hybridized carbons (Fsp3) is 0.421. The van der Waals surface area contributed by atoms with Crippen molar-refractivity contribution >= 4 is 35.0 Å². The highest BCUT2D eigenvalue weighted by molar-refractivity contribution is 7.99. The first-order valence-electron chi connectivity index (χ1n) is 8.87. The quantitative estimate of drug-likeness (QED) is 0.798. The number of piperidine rings is 3. The Labute approximate surface area is 161 Å². The fourth-order valence-electron chi connectivity index (χ4n) is 3.65. The molecule has 0 spiro atoms. The summed E-state index contributed by atoms with van der Waals surface area (Å²) in [7, 11) is 0. The third-order valence-corrected chi connectivity index (χ3v) is 7.08. The van der Waals surface area contributed by atoms with E-state index in [-0.39, 0.29) is 17.7 Å². The van der Waals surface area contributed by atoms with Gasteiger partial charge in [0, 0.05) is 30.0 Å². The average Bonchev–Trinajstić information content (AvgIpc) is 3.12. The van der Waals surface area contributed by atoms with Gasteiger partial charge < -0.3 is 10.2 Å². The van der Waals surface area contributed by atoms with Gasteiger partial charge in [0.1, 0.15) is 5.03 Å². The van der Waals surface area contributed by atoms with Crippen LogP contribution in [0.3, 0.4) is 0 Å². The van der Waals surface area contributed by atoms with Crippen LogP contribution in [0, 0.1) is 5.92 Å². The molecule has 3 fully saturated rings. The molecule has 1 aromatic heterocycles. The van der Waals surface area contributed by atoms with Gasteiger partial charge in [0.15, 0.2) is 5.78 Å². The molecule has 1 amide bonds. The van der Waals surface area contributed by atoms with Crippen LogP contribution in [0.1, 0.15) is 39.8 Å². The standard InChI is InChI=1S/C19H21N3O2S2/c1-12(23)17-10-18(21-26-17)25-15-4-2-14(3-5-15)19(24)20-16-11-22-8-6-13(16)7-9-22/h2-5,10,13,16H,6-9,11H2,1H3,(H,20,24)/t16-/m0/s1. The third kappa shape index (κ3) is 3.84. The molecule has 0 saturated carbocycles. The maximum atomic E-state index is 12.6. The summed E-state index contributed by atoms with van der Waals surface area (Å²) < 4.78 is 4.29. The first kappa shape index (κ1) is 17.7. The van der Waals surface area contributed by atoms with E-state index < -0.39 is 0 Å². The number of fused-ring (bicyclic) bond motifs is 3. The van der Waals surface area contributed by atoms with Crippen LogP contribution in [-0.2, 0) is 0 Å². The van der Waals surface area contributed by atoms with Gasteiger partial charge in [-0.25, -0.2) is 0 Å². The smallest absolute Gasteiger partial charge is 0.251 e. The van der Waals surface area contributed by atoms with Crippen LogP contribution >= 0.6 is 23.3 Å². The van der Waals surface area contributed by atoms with Crippen LogP contribution in [0.25, 0.3) is 0 Å². The molecule has 5 nitrogen and oxygen atoms in total. The van der Waals surface area contributed by atoms with Gasteiger partial charge in [0.05, 0.1) is 4.88 Å². The molecule has 2 bridgehead atoms. The van der Waals surface area contributed by atoms with Crippen LogP contribution in [0.2, 0.25) is 0 Å². The van der Waals surface area contributed by atoms with Crippen LogP contribution in [-0.4, -0.2) is 46.6 Å². The van der Waals surface area contributed by atoms with E-state index in [9.17, 15) is 9.59 Å². The number of Topliss-reactive ketones (excluding diaryl/α,β-unsaturated/α-hetero) is 1. The summed E-state index contributed by atoms with van der Waals surface area (Å²) in [5, 5.41) is 4.03. The molecule has 26 heavy (non-hydrogen) atoms. The Hall–Kier alpha value is -1.70. The first-order chi connectivity index (χ1) is 12.6. The zero-order valence-electron chi connectivity index (χ0n) is 14.6. The lowest BCUT2D eigenvalue weighted by Gasteiger charge is -2.44. The Bertz CT molecular complexity index is 810. The molecule has 5 rings (SSSR count). The highest BCUT2D eigenvalue weighted by atomic mass is 32.2. The number of hydrogen-bond donors (Lipinski definition) is 1. The van der Waals surface area contributed by atoms with Crippen molar-refractivity contribution in [1.82, 2.24) is 14.6 Å². The zero-order chi connectivity index (χ0) is 18.1. The number of amides is 1. The van der Waals surface area contributed by atoms with E-state index in [1.165, 1.54) is 49.2 Å². The average molecular weight is 388 g/mol. The maximum Gasteiger partial charge on any atom is 0.251 e. The molecule has 4 heterocycles. The Morgan fingerprint density at radius 1 is 1.23 bits per heavy atom. The number of carbonyl (C=O) groups is 2. The summed E-state index contributed by atoms with van der Waals surface area (Å²) in [6.07, 6.45) is 2.38. The Kier molecular flexibility index (Phi) is 5.11. The second-order valence-corrected chi connectivity index (χ2v) is 8.83. The van der Waals surface area contributed by atoms with Crippen molar-refractivity contribution in [2.24, 2.45) is 5.92 Å². The maximum absolute atomic E-state index is 12.6. The van der Waals surface area contributed by atoms with Crippen LogP contribution in [0.15, 0.2) is 40.3 Å². The molecule has 7 heteroatoms. The number of benzene rings is 1. The van der Waals surface area contributed by atoms with Gasteiger partial charge >= 0.3 is 0 Å². The molecule has 3 saturated heterocycles. The van der Waals surface area contributed by atoms with Crippen molar-refractivity contribution in [3.8, 4) is 0 Å². The minimum Gasteiger partial charge on any atom is -0.348 e. The molecule has 0 aliphatic carbocycles. The molecule has 1 N–H and O–H groups in total. The summed E-state index contributed by atoms with van der Waals surface area (Å²) in [5.41, 5.74) is 0.688. The third-order valence-electron chi connectivity index (χ3n) is 5.15. The van der Waals surface area contributed by atoms with E-state index in [4.69, 9.17) is 0 Å². The topological polar surface area (TPSA) is 62.3 Å². The minimum absolute atomic E-state index is 0.00724. The second kappa shape index (κ2) is 7.50. The molecule has 0 unspecified atom stereocenters. The number of carbonyl (C=O) groups excluding carboxylic acids is 2. The minimum atomic E-state index is 0.00724. The summed E-state index contributed by atoms with van der Waals surface area (Å²) in [6.45, 7) is 4.87. The first-order valence-corrected chi connectivity index (χ1v) is 10.5. The predicted octanol–water partition coefficient (Wildman–Crippen LogP) is 3.32. The number of rotatable bonds is 5. The lowest BCUT2D eigenvalue weighted by atomic mass is 9.84. The summed E-state index contributed by atoms with van der Waals surface area (Å²) in [4.78, 5) is 28.0. The highest BCUT2D eigenvalue weighted by Gasteiger charge is 2.34. The van der Waals surface area contributed by atoms with Crippen molar-refractivity contribution in [2.45, 2.75) is 35.7 Å². The van der Waals surface area contributed by atoms with Gasteiger partial charge in [0.2, 0.25) is 0 Å². The van der Waals surface area contributed by atoms with Crippen molar-refractivity contribution in [3.63, 3.8) is 0 Å². The van der Waals surface area contributed by atoms with Crippen molar-refractivity contribution in [2.75, 3.05) is 19.6 Å². The normalized spacial score (nSPS) is 24.4. The molecule has 1 aromatic carbocycles. The monoisotopic (exact) mass is 387 g/mol. The molecular formula is C19H21N3O2S2. The highest BCUT2D eigenvalue weighted by Crippen LogP contribution is 2.30. The zero-order valence-corrected chi connectivity index (χ0v) is 16.2. The van der Waals surface area contributed by atoms with Gasteiger partial charge in [-0.1, -0.05) is 11.8 Å². The van der Waals surface area contributed by atoms with Crippen molar-refractivity contribution < 1.29 is 9.59 Å². The second-order valence-electron chi connectivity index (χ2n) is 6.93. The van der Waals surface area contributed by atoms with Crippen LogP contribution < -0.4 is 5.32 Å². The molecule has 2 aromatic rings. The van der Waals surface area contributed by atoms with Gasteiger partial charge in [-0.2, -0.15) is 4.37 Å². The summed E-state index contributed by atoms with van der Waals surface area (Å²) in [6, 6.07) is 9.67. The fourth-order valence-corrected chi connectivity index (χ4v) is 5.21. The van der Waals surface area contributed by atoms with Gasteiger partial charge in [-0.3, -0.25) is 9.59 Å². The van der Waals surface area contributed by atoms with E-state index in [1.54, 1.807) is 6.92 Å². The number of nitrogens with one attached hydrogen (secondary N) is 1. The van der Waals surface area contributed by atoms with E-state index in [0.29, 0.717) is 16.4 Å². The van der Waals surface area contributed by atoms with Gasteiger partial charge in [-0.05, 0) is 73.7 Å². The van der Waals surface area contributed by atoms with Crippen molar-refractivity contribution in [1.29, 1.82) is 0 Å². The summed E-state index contributed by atoms with van der Waals surface area (Å²) >= 11 is 2.72. The Morgan fingerprint density at radius 3 is 2.54 bits per heavy atom. The van der Waals surface area contributed by atoms with E-state index in [0.717, 1.165) is 16.5 Å². The predicted molar refractivity (Wildman–Crippen MR) is 103 cm³/mol. The van der Waals surface area contributed by atoms with E-state index in [2.05, 4.69) is 14.6 Å². The number of aromatic nitrogens is 1. The molecular weight excluding hydrogens is 366 g/mol. The molecule has 3 aliphatic rings. The van der Waals surface area contributed by atoms with E-state index >= 15 is 0 Å². The lowest BCUT2D eigenvalue weighted by molar-refractivity contribution is 0.0620.